The maximum Gasteiger partial charge on any atom is 0.228 e. The quantitative estimate of drug-likeness (QED) is 0.835. The number of nitrogens with one attached hydrogen (secondary N) is 1. The number of rotatable bonds is 3. The van der Waals surface area contributed by atoms with Gasteiger partial charge in [-0.05, 0) is 25.1 Å². The van der Waals surface area contributed by atoms with E-state index in [1.807, 2.05) is 0 Å². The van der Waals surface area contributed by atoms with E-state index < -0.39 is 5.82 Å². The Balaban J connectivity index is 2.83. The van der Waals surface area contributed by atoms with Crippen LogP contribution in [0.2, 0.25) is 0 Å². The molecule has 1 rings (SSSR count). The Hall–Kier alpha value is -1.93. The number of carbonyl (C=O) groups is 1. The standard InChI is InChI=1S/C12H14FN3O/c1-7(8(2)15)12(17)16-10-3-4-11(13)9(5-10)6-14/h3-5,7-8H,15H2,1-2H3,(H,16,17). The van der Waals surface area contributed by atoms with Gasteiger partial charge in [-0.25, -0.2) is 4.39 Å². The molecule has 0 saturated heterocycles. The lowest BCUT2D eigenvalue weighted by Gasteiger charge is -2.15. The molecule has 0 bridgehead atoms. The van der Waals surface area contributed by atoms with Crippen LogP contribution in [0.1, 0.15) is 19.4 Å². The minimum Gasteiger partial charge on any atom is -0.327 e. The normalized spacial score (nSPS) is 13.6. The van der Waals surface area contributed by atoms with Crippen molar-refractivity contribution < 1.29 is 9.18 Å². The Labute approximate surface area is 99.2 Å². The van der Waals surface area contributed by atoms with Gasteiger partial charge in [0.05, 0.1) is 11.5 Å². The van der Waals surface area contributed by atoms with Crippen LogP contribution in [0.25, 0.3) is 0 Å². The molecule has 4 nitrogen and oxygen atoms in total. The van der Waals surface area contributed by atoms with Gasteiger partial charge in [-0.2, -0.15) is 5.26 Å². The highest BCUT2D eigenvalue weighted by atomic mass is 19.1. The van der Waals surface area contributed by atoms with Gasteiger partial charge in [0.1, 0.15) is 11.9 Å². The Kier molecular flexibility index (Phi) is 4.18. The van der Waals surface area contributed by atoms with Crippen LogP contribution in [0.3, 0.4) is 0 Å². The second kappa shape index (κ2) is 5.41. The molecule has 2 atom stereocenters. The van der Waals surface area contributed by atoms with Crippen molar-refractivity contribution in [1.29, 1.82) is 5.26 Å². The zero-order chi connectivity index (χ0) is 13.0. The molecule has 2 unspecified atom stereocenters. The van der Waals surface area contributed by atoms with Crippen molar-refractivity contribution in [2.75, 3.05) is 5.32 Å². The Bertz CT molecular complexity index is 465. The first-order chi connectivity index (χ1) is 7.95. The van der Waals surface area contributed by atoms with E-state index in [2.05, 4.69) is 5.32 Å². The minimum absolute atomic E-state index is 0.101. The van der Waals surface area contributed by atoms with Crippen molar-refractivity contribution in [3.05, 3.63) is 29.6 Å². The Morgan fingerprint density at radius 2 is 2.18 bits per heavy atom. The highest BCUT2D eigenvalue weighted by molar-refractivity contribution is 5.92. The van der Waals surface area contributed by atoms with Crippen molar-refractivity contribution in [3.63, 3.8) is 0 Å². The summed E-state index contributed by atoms with van der Waals surface area (Å²) < 4.78 is 13.0. The van der Waals surface area contributed by atoms with E-state index in [4.69, 9.17) is 11.0 Å². The number of nitrogens with two attached hydrogens (primary N) is 1. The van der Waals surface area contributed by atoms with Gasteiger partial charge in [0, 0.05) is 11.7 Å². The molecule has 0 aliphatic carbocycles. The van der Waals surface area contributed by atoms with E-state index >= 15 is 0 Å². The smallest absolute Gasteiger partial charge is 0.228 e. The minimum atomic E-state index is -0.606. The van der Waals surface area contributed by atoms with Gasteiger partial charge >= 0.3 is 0 Å². The molecule has 1 amide bonds. The summed E-state index contributed by atoms with van der Waals surface area (Å²) in [6, 6.07) is 5.28. The summed E-state index contributed by atoms with van der Waals surface area (Å²) in [5.74, 6) is -1.22. The molecule has 0 aliphatic rings. The van der Waals surface area contributed by atoms with Gasteiger partial charge in [-0.15, -0.1) is 0 Å². The molecule has 1 aromatic carbocycles. The Morgan fingerprint density at radius 3 is 2.71 bits per heavy atom. The van der Waals surface area contributed by atoms with Gasteiger partial charge in [0.2, 0.25) is 5.91 Å². The van der Waals surface area contributed by atoms with E-state index in [0.29, 0.717) is 5.69 Å². The number of anilines is 1. The third kappa shape index (κ3) is 3.26. The highest BCUT2D eigenvalue weighted by Crippen LogP contribution is 2.15. The molecule has 3 N–H and O–H groups in total. The summed E-state index contributed by atoms with van der Waals surface area (Å²) in [5, 5.41) is 11.2. The molecule has 0 saturated carbocycles. The zero-order valence-electron chi connectivity index (χ0n) is 9.70. The lowest BCUT2D eigenvalue weighted by atomic mass is 10.0. The lowest BCUT2D eigenvalue weighted by molar-refractivity contribution is -0.119. The number of nitrogens with zero attached hydrogens (tertiary/aromatic N) is 1. The predicted octanol–water partition coefficient (Wildman–Crippen LogP) is 1.62. The Morgan fingerprint density at radius 1 is 1.53 bits per heavy atom. The largest absolute Gasteiger partial charge is 0.327 e. The van der Waals surface area contributed by atoms with Crippen LogP contribution in [-0.2, 0) is 4.79 Å². The molecule has 0 spiro atoms. The molecular formula is C12H14FN3O. The first kappa shape index (κ1) is 13.1. The van der Waals surface area contributed by atoms with Crippen molar-refractivity contribution >= 4 is 11.6 Å². The van der Waals surface area contributed by atoms with Crippen molar-refractivity contribution in [2.24, 2.45) is 11.7 Å². The molecule has 90 valence electrons. The van der Waals surface area contributed by atoms with Crippen LogP contribution in [0, 0.1) is 23.1 Å². The summed E-state index contributed by atoms with van der Waals surface area (Å²) in [6.07, 6.45) is 0. The average molecular weight is 235 g/mol. The lowest BCUT2D eigenvalue weighted by Crippen LogP contribution is -2.34. The average Bonchev–Trinajstić information content (AvgIpc) is 2.30. The monoisotopic (exact) mass is 235 g/mol. The fourth-order valence-electron chi connectivity index (χ4n) is 1.18. The van der Waals surface area contributed by atoms with Crippen molar-refractivity contribution in [1.82, 2.24) is 0 Å². The number of hydrogen-bond acceptors (Lipinski definition) is 3. The summed E-state index contributed by atoms with van der Waals surface area (Å²) in [5.41, 5.74) is 5.89. The number of halogens is 1. The molecule has 5 heteroatoms. The fraction of sp³-hybridized carbons (Fsp3) is 0.333. The van der Waals surface area contributed by atoms with Gasteiger partial charge in [0.15, 0.2) is 0 Å². The van der Waals surface area contributed by atoms with Gasteiger partial charge < -0.3 is 11.1 Å². The summed E-state index contributed by atoms with van der Waals surface area (Å²) in [4.78, 5) is 11.7. The first-order valence-electron chi connectivity index (χ1n) is 5.21. The molecule has 0 radical (unpaired) electrons. The van der Waals surface area contributed by atoms with Gasteiger partial charge in [-0.1, -0.05) is 6.92 Å². The number of amides is 1. The third-order valence-corrected chi connectivity index (χ3v) is 2.56. The number of carbonyl (C=O) groups excluding carboxylic acids is 1. The third-order valence-electron chi connectivity index (χ3n) is 2.56. The molecule has 0 fully saturated rings. The number of hydrogen-bond donors (Lipinski definition) is 2. The molecule has 1 aromatic rings. The molecular weight excluding hydrogens is 221 g/mol. The maximum absolute atomic E-state index is 13.0. The first-order valence-corrected chi connectivity index (χ1v) is 5.21. The molecule has 0 heterocycles. The van der Waals surface area contributed by atoms with Crippen LogP contribution < -0.4 is 11.1 Å². The van der Waals surface area contributed by atoms with Crippen LogP contribution in [-0.4, -0.2) is 11.9 Å². The van der Waals surface area contributed by atoms with E-state index in [1.54, 1.807) is 19.9 Å². The van der Waals surface area contributed by atoms with Crippen LogP contribution in [0.5, 0.6) is 0 Å². The highest BCUT2D eigenvalue weighted by Gasteiger charge is 2.17. The SMILES string of the molecule is CC(N)C(C)C(=O)Nc1ccc(F)c(C#N)c1. The van der Waals surface area contributed by atoms with Crippen molar-refractivity contribution in [3.8, 4) is 6.07 Å². The number of nitriles is 1. The predicted molar refractivity (Wildman–Crippen MR) is 62.6 cm³/mol. The van der Waals surface area contributed by atoms with Crippen LogP contribution in [0.4, 0.5) is 10.1 Å². The van der Waals surface area contributed by atoms with E-state index in [0.717, 1.165) is 6.07 Å². The van der Waals surface area contributed by atoms with Crippen LogP contribution >= 0.6 is 0 Å². The molecule has 0 aliphatic heterocycles. The number of benzene rings is 1. The second-order valence-corrected chi connectivity index (χ2v) is 3.94. The van der Waals surface area contributed by atoms with Gasteiger partial charge in [0.25, 0.3) is 0 Å². The van der Waals surface area contributed by atoms with E-state index in [1.165, 1.54) is 12.1 Å². The van der Waals surface area contributed by atoms with Crippen molar-refractivity contribution in [2.45, 2.75) is 19.9 Å². The maximum atomic E-state index is 13.0. The fourth-order valence-corrected chi connectivity index (χ4v) is 1.18. The molecule has 17 heavy (non-hydrogen) atoms. The summed E-state index contributed by atoms with van der Waals surface area (Å²) >= 11 is 0. The van der Waals surface area contributed by atoms with Crippen LogP contribution in [0.15, 0.2) is 18.2 Å². The second-order valence-electron chi connectivity index (χ2n) is 3.94. The van der Waals surface area contributed by atoms with Gasteiger partial charge in [-0.3, -0.25) is 4.79 Å². The topological polar surface area (TPSA) is 78.9 Å². The summed E-state index contributed by atoms with van der Waals surface area (Å²) in [7, 11) is 0. The summed E-state index contributed by atoms with van der Waals surface area (Å²) in [6.45, 7) is 3.43. The molecule has 0 aromatic heterocycles. The zero-order valence-corrected chi connectivity index (χ0v) is 9.70. The van der Waals surface area contributed by atoms with E-state index in [-0.39, 0.29) is 23.4 Å². The van der Waals surface area contributed by atoms with E-state index in [9.17, 15) is 9.18 Å².